The fourth-order valence-corrected chi connectivity index (χ4v) is 4.23. The number of aromatic amines is 1. The van der Waals surface area contributed by atoms with Crippen molar-refractivity contribution in [3.05, 3.63) is 83.7 Å². The number of carbonyl (C=O) groups is 1. The molecule has 1 aliphatic rings. The van der Waals surface area contributed by atoms with Crippen molar-refractivity contribution in [1.29, 1.82) is 0 Å². The van der Waals surface area contributed by atoms with Gasteiger partial charge in [-0.25, -0.2) is 4.98 Å². The van der Waals surface area contributed by atoms with Gasteiger partial charge in [0, 0.05) is 30.9 Å². The monoisotopic (exact) mass is 435 g/mol. The van der Waals surface area contributed by atoms with Crippen molar-refractivity contribution < 1.29 is 4.79 Å². The van der Waals surface area contributed by atoms with E-state index in [-0.39, 0.29) is 5.91 Å². The highest BCUT2D eigenvalue weighted by Gasteiger charge is 2.28. The molecule has 6 nitrogen and oxygen atoms in total. The molecule has 2 aromatic carbocycles. The number of carbonyl (C=O) groups excluding carboxylic acids is 1. The summed E-state index contributed by atoms with van der Waals surface area (Å²) in [7, 11) is 4.11. The number of aromatic nitrogens is 3. The van der Waals surface area contributed by atoms with Crippen molar-refractivity contribution >= 4 is 16.9 Å². The van der Waals surface area contributed by atoms with Gasteiger partial charge in [-0.05, 0) is 49.7 Å². The molecule has 0 unspecified atom stereocenters. The predicted octanol–water partition coefficient (Wildman–Crippen LogP) is 3.80. The lowest BCUT2D eigenvalue weighted by molar-refractivity contribution is 0.0783. The molecule has 33 heavy (non-hydrogen) atoms. The molecule has 0 saturated carbocycles. The van der Waals surface area contributed by atoms with Crippen LogP contribution in [0.15, 0.2) is 66.9 Å². The van der Waals surface area contributed by atoms with Crippen LogP contribution >= 0.6 is 0 Å². The second kappa shape index (κ2) is 8.89. The third-order valence-electron chi connectivity index (χ3n) is 6.17. The summed E-state index contributed by atoms with van der Waals surface area (Å²) in [6.45, 7) is 1.49. The maximum absolute atomic E-state index is 13.1. The Morgan fingerprint density at radius 3 is 2.67 bits per heavy atom. The molecular formula is C27H25N5O. The van der Waals surface area contributed by atoms with Crippen LogP contribution < -0.4 is 0 Å². The van der Waals surface area contributed by atoms with Gasteiger partial charge in [0.15, 0.2) is 5.65 Å². The molecule has 2 aromatic heterocycles. The molecule has 4 aromatic rings. The molecule has 0 aliphatic carbocycles. The number of hydrogen-bond acceptors (Lipinski definition) is 4. The quantitative estimate of drug-likeness (QED) is 0.497. The Labute approximate surface area is 193 Å². The lowest BCUT2D eigenvalue weighted by Crippen LogP contribution is -2.34. The Morgan fingerprint density at radius 1 is 1.09 bits per heavy atom. The Bertz CT molecular complexity index is 1360. The summed E-state index contributed by atoms with van der Waals surface area (Å²) in [5.41, 5.74) is 4.90. The van der Waals surface area contributed by atoms with Crippen LogP contribution in [0, 0.1) is 11.8 Å². The van der Waals surface area contributed by atoms with E-state index in [4.69, 9.17) is 0 Å². The molecule has 1 atom stereocenters. The molecular weight excluding hydrogens is 410 g/mol. The SMILES string of the molecule is CN(C)[C@@H]1CCN(C(=O)c2cnc3n[nH]c(C#Cc4ccccc4-c4ccccc4)c3c2)C1. The average Bonchev–Trinajstić information content (AvgIpc) is 3.50. The van der Waals surface area contributed by atoms with E-state index in [1.54, 1.807) is 6.20 Å². The predicted molar refractivity (Wildman–Crippen MR) is 130 cm³/mol. The fourth-order valence-electron chi connectivity index (χ4n) is 4.23. The van der Waals surface area contributed by atoms with E-state index in [1.807, 2.05) is 47.4 Å². The molecule has 0 radical (unpaired) electrons. The van der Waals surface area contributed by atoms with E-state index in [0.717, 1.165) is 41.6 Å². The average molecular weight is 436 g/mol. The van der Waals surface area contributed by atoms with Crippen molar-refractivity contribution in [1.82, 2.24) is 25.0 Å². The summed E-state index contributed by atoms with van der Waals surface area (Å²) in [5.74, 6) is 6.49. The first-order valence-electron chi connectivity index (χ1n) is 11.1. The summed E-state index contributed by atoms with van der Waals surface area (Å²) < 4.78 is 0. The maximum Gasteiger partial charge on any atom is 0.255 e. The molecule has 1 N–H and O–H groups in total. The zero-order valence-corrected chi connectivity index (χ0v) is 18.7. The van der Waals surface area contributed by atoms with Crippen LogP contribution in [0.2, 0.25) is 0 Å². The zero-order chi connectivity index (χ0) is 22.8. The highest BCUT2D eigenvalue weighted by molar-refractivity contribution is 5.98. The second-order valence-electron chi connectivity index (χ2n) is 8.51. The number of likely N-dealkylation sites (N-methyl/N-ethyl adjacent to an activating group) is 1. The van der Waals surface area contributed by atoms with Gasteiger partial charge in [0.2, 0.25) is 0 Å². The number of H-pyrrole nitrogens is 1. The van der Waals surface area contributed by atoms with Crippen LogP contribution in [-0.2, 0) is 0 Å². The third-order valence-corrected chi connectivity index (χ3v) is 6.17. The summed E-state index contributed by atoms with van der Waals surface area (Å²) in [6, 6.07) is 20.5. The first-order chi connectivity index (χ1) is 16.1. The Balaban J connectivity index is 1.45. The van der Waals surface area contributed by atoms with Crippen LogP contribution in [0.25, 0.3) is 22.2 Å². The Hall–Kier alpha value is -3.95. The topological polar surface area (TPSA) is 65.1 Å². The summed E-state index contributed by atoms with van der Waals surface area (Å²) in [4.78, 5) is 21.5. The molecule has 0 bridgehead atoms. The van der Waals surface area contributed by atoms with Crippen molar-refractivity contribution in [2.75, 3.05) is 27.2 Å². The van der Waals surface area contributed by atoms with Gasteiger partial charge in [-0.1, -0.05) is 54.5 Å². The number of benzene rings is 2. The number of hydrogen-bond donors (Lipinski definition) is 1. The summed E-state index contributed by atoms with van der Waals surface area (Å²) in [6.07, 6.45) is 2.59. The number of amides is 1. The van der Waals surface area contributed by atoms with Crippen LogP contribution in [0.1, 0.15) is 28.0 Å². The summed E-state index contributed by atoms with van der Waals surface area (Å²) in [5, 5.41) is 8.02. The van der Waals surface area contributed by atoms with Gasteiger partial charge in [-0.3, -0.25) is 9.89 Å². The van der Waals surface area contributed by atoms with Gasteiger partial charge in [-0.15, -0.1) is 0 Å². The van der Waals surface area contributed by atoms with E-state index in [0.29, 0.717) is 22.9 Å². The van der Waals surface area contributed by atoms with Crippen molar-refractivity contribution in [3.63, 3.8) is 0 Å². The van der Waals surface area contributed by atoms with E-state index in [9.17, 15) is 4.79 Å². The van der Waals surface area contributed by atoms with E-state index in [2.05, 4.69) is 64.2 Å². The number of rotatable bonds is 3. The van der Waals surface area contributed by atoms with Crippen LogP contribution in [0.3, 0.4) is 0 Å². The molecule has 5 rings (SSSR count). The van der Waals surface area contributed by atoms with E-state index in [1.165, 1.54) is 0 Å². The Kier molecular flexibility index (Phi) is 5.64. The molecule has 1 aliphatic heterocycles. The highest BCUT2D eigenvalue weighted by atomic mass is 16.2. The number of nitrogens with zero attached hydrogens (tertiary/aromatic N) is 4. The lowest BCUT2D eigenvalue weighted by atomic mass is 10.00. The van der Waals surface area contributed by atoms with E-state index >= 15 is 0 Å². The molecule has 1 fully saturated rings. The van der Waals surface area contributed by atoms with Crippen LogP contribution in [0.5, 0.6) is 0 Å². The fraction of sp³-hybridized carbons (Fsp3) is 0.222. The number of nitrogens with one attached hydrogen (secondary N) is 1. The molecule has 1 amide bonds. The van der Waals surface area contributed by atoms with Crippen molar-refractivity contribution in [2.24, 2.45) is 0 Å². The smallest absolute Gasteiger partial charge is 0.255 e. The zero-order valence-electron chi connectivity index (χ0n) is 18.7. The summed E-state index contributed by atoms with van der Waals surface area (Å²) >= 11 is 0. The first-order valence-corrected chi connectivity index (χ1v) is 11.1. The molecule has 6 heteroatoms. The van der Waals surface area contributed by atoms with Crippen LogP contribution in [0.4, 0.5) is 0 Å². The van der Waals surface area contributed by atoms with Crippen molar-refractivity contribution in [2.45, 2.75) is 12.5 Å². The lowest BCUT2D eigenvalue weighted by Gasteiger charge is -2.20. The highest BCUT2D eigenvalue weighted by Crippen LogP contribution is 2.23. The largest absolute Gasteiger partial charge is 0.337 e. The van der Waals surface area contributed by atoms with Crippen LogP contribution in [-0.4, -0.2) is 64.1 Å². The number of pyridine rings is 1. The maximum atomic E-state index is 13.1. The first kappa shape index (κ1) is 20.9. The second-order valence-corrected chi connectivity index (χ2v) is 8.51. The molecule has 1 saturated heterocycles. The van der Waals surface area contributed by atoms with Gasteiger partial charge >= 0.3 is 0 Å². The van der Waals surface area contributed by atoms with Gasteiger partial charge in [-0.2, -0.15) is 5.10 Å². The van der Waals surface area contributed by atoms with Gasteiger partial charge < -0.3 is 9.80 Å². The standard InChI is InChI=1S/C27H25N5O/c1-31(2)22-14-15-32(18-22)27(33)21-16-24-25(29-30-26(24)28-17-21)13-12-20-10-6-7-11-23(20)19-8-4-3-5-9-19/h3-11,16-17,22H,14-15,18H2,1-2H3,(H,28,29,30)/t22-/m1/s1. The minimum Gasteiger partial charge on any atom is -0.337 e. The van der Waals surface area contributed by atoms with Gasteiger partial charge in [0.1, 0.15) is 5.69 Å². The Morgan fingerprint density at radius 2 is 1.88 bits per heavy atom. The minimum atomic E-state index is 0.00304. The third kappa shape index (κ3) is 4.23. The number of likely N-dealkylation sites (tertiary alicyclic amines) is 1. The number of fused-ring (bicyclic) bond motifs is 1. The molecule has 0 spiro atoms. The normalized spacial score (nSPS) is 15.6. The minimum absolute atomic E-state index is 0.00304. The van der Waals surface area contributed by atoms with Gasteiger partial charge in [0.05, 0.1) is 10.9 Å². The van der Waals surface area contributed by atoms with Gasteiger partial charge in [0.25, 0.3) is 5.91 Å². The van der Waals surface area contributed by atoms with E-state index < -0.39 is 0 Å². The van der Waals surface area contributed by atoms with Crippen molar-refractivity contribution in [3.8, 4) is 23.0 Å². The molecule has 164 valence electrons. The molecule has 3 heterocycles.